The molecule has 0 unspecified atom stereocenters. The van der Waals surface area contributed by atoms with Crippen molar-refractivity contribution in [2.75, 3.05) is 45.8 Å². The molecule has 11 heteroatoms. The number of aromatic nitrogens is 3. The minimum absolute atomic E-state index is 0.0758. The molecule has 2 aliphatic heterocycles. The summed E-state index contributed by atoms with van der Waals surface area (Å²) >= 11 is 1.36. The lowest BCUT2D eigenvalue weighted by molar-refractivity contribution is -0.130. The molecule has 196 valence electrons. The van der Waals surface area contributed by atoms with Crippen LogP contribution in [-0.2, 0) is 11.3 Å². The van der Waals surface area contributed by atoms with Crippen molar-refractivity contribution in [3.8, 4) is 34.5 Å². The number of carbonyl (C=O) groups is 1. The van der Waals surface area contributed by atoms with Crippen LogP contribution in [0.5, 0.6) is 17.2 Å². The second kappa shape index (κ2) is 10.8. The molecule has 0 bridgehead atoms. The molecule has 38 heavy (non-hydrogen) atoms. The maximum absolute atomic E-state index is 13.1. The number of methoxy groups -OCH3 is 1. The first-order valence-electron chi connectivity index (χ1n) is 12.3. The van der Waals surface area contributed by atoms with Crippen molar-refractivity contribution in [1.82, 2.24) is 24.6 Å². The molecule has 1 amide bonds. The minimum atomic E-state index is 0.0758. The molecule has 0 radical (unpaired) electrons. The molecule has 0 atom stereocenters. The van der Waals surface area contributed by atoms with E-state index in [0.717, 1.165) is 36.8 Å². The molecule has 0 aliphatic carbocycles. The zero-order valence-electron chi connectivity index (χ0n) is 20.9. The third kappa shape index (κ3) is 4.94. The highest BCUT2D eigenvalue weighted by molar-refractivity contribution is 7.99. The highest BCUT2D eigenvalue weighted by atomic mass is 32.2. The fraction of sp³-hybridized carbons (Fsp3) is 0.296. The Bertz CT molecular complexity index is 1420. The molecule has 0 spiro atoms. The third-order valence-electron chi connectivity index (χ3n) is 6.59. The van der Waals surface area contributed by atoms with Crippen molar-refractivity contribution in [3.05, 3.63) is 66.4 Å². The number of carbonyl (C=O) groups excluding carboxylic acids is 1. The normalized spacial score (nSPS) is 15.1. The molecule has 2 aromatic heterocycles. The first kappa shape index (κ1) is 24.4. The second-order valence-electron chi connectivity index (χ2n) is 8.92. The molecular formula is C27H27N5O5S. The van der Waals surface area contributed by atoms with Gasteiger partial charge in [0.1, 0.15) is 5.75 Å². The quantitative estimate of drug-likeness (QED) is 0.314. The lowest BCUT2D eigenvalue weighted by Gasteiger charge is -2.34. The van der Waals surface area contributed by atoms with Crippen molar-refractivity contribution >= 4 is 17.7 Å². The Labute approximate surface area is 224 Å². The van der Waals surface area contributed by atoms with Gasteiger partial charge in [0, 0.05) is 32.7 Å². The summed E-state index contributed by atoms with van der Waals surface area (Å²) in [6.07, 6.45) is 1.60. The number of furan rings is 1. The van der Waals surface area contributed by atoms with E-state index in [1.54, 1.807) is 19.4 Å². The number of fused-ring (bicyclic) bond motifs is 1. The van der Waals surface area contributed by atoms with Gasteiger partial charge in [0.05, 0.1) is 24.8 Å². The number of amides is 1. The van der Waals surface area contributed by atoms with Gasteiger partial charge in [-0.05, 0) is 42.0 Å². The number of benzene rings is 2. The first-order valence-corrected chi connectivity index (χ1v) is 13.3. The summed E-state index contributed by atoms with van der Waals surface area (Å²) in [5, 5.41) is 9.35. The molecule has 4 aromatic rings. The van der Waals surface area contributed by atoms with Gasteiger partial charge in [-0.3, -0.25) is 14.3 Å². The van der Waals surface area contributed by atoms with E-state index >= 15 is 0 Å². The number of rotatable bonds is 8. The summed E-state index contributed by atoms with van der Waals surface area (Å²) in [6, 6.07) is 17.3. The minimum Gasteiger partial charge on any atom is -0.495 e. The molecule has 0 N–H and O–H groups in total. The van der Waals surface area contributed by atoms with Crippen LogP contribution in [0.3, 0.4) is 0 Å². The summed E-state index contributed by atoms with van der Waals surface area (Å²) in [5.41, 5.74) is 1.95. The predicted molar refractivity (Wildman–Crippen MR) is 141 cm³/mol. The van der Waals surface area contributed by atoms with Crippen molar-refractivity contribution in [3.63, 3.8) is 0 Å². The van der Waals surface area contributed by atoms with Crippen LogP contribution in [-0.4, -0.2) is 76.3 Å². The van der Waals surface area contributed by atoms with Gasteiger partial charge in [0.25, 0.3) is 0 Å². The molecule has 4 heterocycles. The van der Waals surface area contributed by atoms with Crippen LogP contribution in [0.2, 0.25) is 0 Å². The van der Waals surface area contributed by atoms with Crippen LogP contribution in [0.1, 0.15) is 5.56 Å². The molecule has 1 saturated heterocycles. The Morgan fingerprint density at radius 1 is 1.00 bits per heavy atom. The van der Waals surface area contributed by atoms with Gasteiger partial charge in [0.15, 0.2) is 22.4 Å². The third-order valence-corrected chi connectivity index (χ3v) is 7.51. The largest absolute Gasteiger partial charge is 0.495 e. The highest BCUT2D eigenvalue weighted by Gasteiger charge is 2.25. The van der Waals surface area contributed by atoms with Crippen LogP contribution in [0.15, 0.2) is 70.4 Å². The Kier molecular flexibility index (Phi) is 6.93. The Hall–Kier alpha value is -3.96. The SMILES string of the molecule is COc1ccccc1-n1c(SCC(=O)N2CCN(Cc3ccc4c(c3)OCO4)CC2)nnc1-c1ccco1. The zero-order chi connectivity index (χ0) is 25.9. The van der Waals surface area contributed by atoms with Crippen molar-refractivity contribution in [1.29, 1.82) is 0 Å². The summed E-state index contributed by atoms with van der Waals surface area (Å²) in [4.78, 5) is 17.4. The summed E-state index contributed by atoms with van der Waals surface area (Å²) in [5.74, 6) is 3.72. The smallest absolute Gasteiger partial charge is 0.233 e. The monoisotopic (exact) mass is 533 g/mol. The summed E-state index contributed by atoms with van der Waals surface area (Å²) < 4.78 is 23.9. The number of para-hydroxylation sites is 2. The first-order chi connectivity index (χ1) is 18.7. The molecule has 2 aromatic carbocycles. The Balaban J connectivity index is 1.10. The number of piperazine rings is 1. The van der Waals surface area contributed by atoms with Gasteiger partial charge in [0.2, 0.25) is 18.5 Å². The predicted octanol–water partition coefficient (Wildman–Crippen LogP) is 3.70. The van der Waals surface area contributed by atoms with Crippen LogP contribution >= 0.6 is 11.8 Å². The molecule has 2 aliphatic rings. The van der Waals surface area contributed by atoms with Crippen LogP contribution < -0.4 is 14.2 Å². The van der Waals surface area contributed by atoms with E-state index in [4.69, 9.17) is 18.6 Å². The van der Waals surface area contributed by atoms with E-state index in [-0.39, 0.29) is 18.5 Å². The van der Waals surface area contributed by atoms with Crippen molar-refractivity contribution in [2.24, 2.45) is 0 Å². The lowest BCUT2D eigenvalue weighted by atomic mass is 10.1. The van der Waals surface area contributed by atoms with Gasteiger partial charge >= 0.3 is 0 Å². The number of thioether (sulfide) groups is 1. The van der Waals surface area contributed by atoms with E-state index in [1.165, 1.54) is 17.3 Å². The zero-order valence-corrected chi connectivity index (χ0v) is 21.7. The van der Waals surface area contributed by atoms with E-state index in [9.17, 15) is 4.79 Å². The van der Waals surface area contributed by atoms with Gasteiger partial charge in [-0.1, -0.05) is 30.0 Å². The fourth-order valence-electron chi connectivity index (χ4n) is 4.63. The molecule has 0 saturated carbocycles. The number of hydrogen-bond donors (Lipinski definition) is 0. The van der Waals surface area contributed by atoms with Crippen LogP contribution in [0.4, 0.5) is 0 Å². The molecule has 10 nitrogen and oxygen atoms in total. The number of nitrogens with zero attached hydrogens (tertiary/aromatic N) is 5. The van der Waals surface area contributed by atoms with Gasteiger partial charge in [-0.25, -0.2) is 0 Å². The van der Waals surface area contributed by atoms with E-state index < -0.39 is 0 Å². The van der Waals surface area contributed by atoms with Crippen LogP contribution in [0, 0.1) is 0 Å². The fourth-order valence-corrected chi connectivity index (χ4v) is 5.48. The average Bonchev–Trinajstić information content (AvgIpc) is 3.73. The standard InChI is InChI=1S/C27H27N5O5S/c1-34-21-6-3-2-5-20(21)32-26(23-7-4-14-35-23)28-29-27(32)38-17-25(33)31-12-10-30(11-13-31)16-19-8-9-22-24(15-19)37-18-36-22/h2-9,14-15H,10-13,16-18H2,1H3. The van der Waals surface area contributed by atoms with Gasteiger partial charge < -0.3 is 23.5 Å². The topological polar surface area (TPSA) is 95.1 Å². The number of ether oxygens (including phenoxy) is 3. The van der Waals surface area contributed by atoms with E-state index in [0.29, 0.717) is 35.6 Å². The van der Waals surface area contributed by atoms with Gasteiger partial charge in [-0.15, -0.1) is 10.2 Å². The van der Waals surface area contributed by atoms with E-state index in [1.807, 2.05) is 51.9 Å². The Morgan fingerprint density at radius 2 is 1.84 bits per heavy atom. The van der Waals surface area contributed by atoms with E-state index in [2.05, 4.69) is 21.2 Å². The highest BCUT2D eigenvalue weighted by Crippen LogP contribution is 2.34. The summed E-state index contributed by atoms with van der Waals surface area (Å²) in [7, 11) is 1.62. The second-order valence-corrected chi connectivity index (χ2v) is 9.87. The van der Waals surface area contributed by atoms with Crippen LogP contribution in [0.25, 0.3) is 17.3 Å². The van der Waals surface area contributed by atoms with Crippen molar-refractivity contribution < 1.29 is 23.4 Å². The van der Waals surface area contributed by atoms with Crippen molar-refractivity contribution in [2.45, 2.75) is 11.7 Å². The number of hydrogen-bond acceptors (Lipinski definition) is 9. The summed E-state index contributed by atoms with van der Waals surface area (Å²) in [6.45, 7) is 4.07. The average molecular weight is 534 g/mol. The Morgan fingerprint density at radius 3 is 2.66 bits per heavy atom. The molecule has 1 fully saturated rings. The molecular weight excluding hydrogens is 506 g/mol. The molecule has 6 rings (SSSR count). The van der Waals surface area contributed by atoms with Gasteiger partial charge in [-0.2, -0.15) is 0 Å². The maximum atomic E-state index is 13.1. The lowest BCUT2D eigenvalue weighted by Crippen LogP contribution is -2.48. The maximum Gasteiger partial charge on any atom is 0.233 e.